The van der Waals surface area contributed by atoms with Crippen LogP contribution in [-0.2, 0) is 20.7 Å². The molecule has 0 unspecified atom stereocenters. The highest BCUT2D eigenvalue weighted by Crippen LogP contribution is 2.16. The molecule has 24 heavy (non-hydrogen) atoms. The van der Waals surface area contributed by atoms with Crippen molar-refractivity contribution in [1.29, 1.82) is 0 Å². The number of rotatable bonds is 7. The van der Waals surface area contributed by atoms with Crippen LogP contribution < -0.4 is 0 Å². The van der Waals surface area contributed by atoms with Crippen molar-refractivity contribution in [3.8, 4) is 0 Å². The molecule has 1 amide bonds. The number of hydrogen-bond donors (Lipinski definition) is 0. The first-order chi connectivity index (χ1) is 11.6. The van der Waals surface area contributed by atoms with Gasteiger partial charge < -0.3 is 14.5 Å². The maximum atomic E-state index is 12.2. The minimum absolute atomic E-state index is 0.0234. The SMILES string of the molecule is COC(=O)CCC(=O)N(C)[C@H]1CCCN(CCc2ccccc2)C1. The molecule has 0 N–H and O–H groups in total. The number of likely N-dealkylation sites (tertiary alicyclic amines) is 1. The molecule has 2 rings (SSSR count). The van der Waals surface area contributed by atoms with Gasteiger partial charge in [0, 0.05) is 32.6 Å². The molecule has 1 heterocycles. The van der Waals surface area contributed by atoms with E-state index in [-0.39, 0.29) is 30.8 Å². The third-order valence-electron chi connectivity index (χ3n) is 4.75. The Labute approximate surface area is 144 Å². The van der Waals surface area contributed by atoms with Gasteiger partial charge in [-0.1, -0.05) is 30.3 Å². The molecule has 1 aliphatic heterocycles. The van der Waals surface area contributed by atoms with Gasteiger partial charge >= 0.3 is 5.97 Å². The largest absolute Gasteiger partial charge is 0.469 e. The fourth-order valence-corrected chi connectivity index (χ4v) is 3.17. The second-order valence-corrected chi connectivity index (χ2v) is 6.41. The zero-order chi connectivity index (χ0) is 17.4. The summed E-state index contributed by atoms with van der Waals surface area (Å²) in [6, 6.07) is 10.7. The lowest BCUT2D eigenvalue weighted by atomic mass is 10.0. The van der Waals surface area contributed by atoms with E-state index in [1.807, 2.05) is 18.0 Å². The molecule has 0 aliphatic carbocycles. The van der Waals surface area contributed by atoms with Crippen molar-refractivity contribution < 1.29 is 14.3 Å². The number of nitrogens with zero attached hydrogens (tertiary/aromatic N) is 2. The Hall–Kier alpha value is -1.88. The van der Waals surface area contributed by atoms with Gasteiger partial charge in [-0.25, -0.2) is 0 Å². The van der Waals surface area contributed by atoms with Crippen molar-refractivity contribution in [3.05, 3.63) is 35.9 Å². The Morgan fingerprint density at radius 2 is 2.00 bits per heavy atom. The number of piperidine rings is 1. The Morgan fingerprint density at radius 3 is 2.71 bits per heavy atom. The molecule has 5 nitrogen and oxygen atoms in total. The second kappa shape index (κ2) is 9.42. The van der Waals surface area contributed by atoms with Crippen molar-refractivity contribution in [2.75, 3.05) is 33.8 Å². The maximum absolute atomic E-state index is 12.2. The Balaban J connectivity index is 1.78. The molecular weight excluding hydrogens is 304 g/mol. The van der Waals surface area contributed by atoms with E-state index in [9.17, 15) is 9.59 Å². The zero-order valence-electron chi connectivity index (χ0n) is 14.7. The first kappa shape index (κ1) is 18.5. The Kier molecular flexibility index (Phi) is 7.25. The standard InChI is InChI=1S/C19H28N2O3/c1-20(18(22)10-11-19(23)24-2)17-9-6-13-21(15-17)14-12-16-7-4-3-5-8-16/h3-5,7-8,17H,6,9-15H2,1-2H3/t17-/m0/s1. The van der Waals surface area contributed by atoms with Crippen LogP contribution in [-0.4, -0.2) is 61.5 Å². The highest BCUT2D eigenvalue weighted by molar-refractivity contribution is 5.81. The smallest absolute Gasteiger partial charge is 0.306 e. The van der Waals surface area contributed by atoms with Crippen molar-refractivity contribution in [1.82, 2.24) is 9.80 Å². The minimum Gasteiger partial charge on any atom is -0.469 e. The van der Waals surface area contributed by atoms with Gasteiger partial charge in [-0.3, -0.25) is 9.59 Å². The van der Waals surface area contributed by atoms with Crippen LogP contribution in [0.5, 0.6) is 0 Å². The molecule has 0 bridgehead atoms. The molecular formula is C19H28N2O3. The number of carbonyl (C=O) groups excluding carboxylic acids is 2. The molecule has 1 aromatic rings. The van der Waals surface area contributed by atoms with E-state index in [4.69, 9.17) is 0 Å². The number of benzene rings is 1. The maximum Gasteiger partial charge on any atom is 0.306 e. The topological polar surface area (TPSA) is 49.9 Å². The molecule has 132 valence electrons. The number of likely N-dealkylation sites (N-methyl/N-ethyl adjacent to an activating group) is 1. The quantitative estimate of drug-likeness (QED) is 0.718. The predicted molar refractivity (Wildman–Crippen MR) is 93.6 cm³/mol. The van der Waals surface area contributed by atoms with E-state index in [2.05, 4.69) is 33.9 Å². The molecule has 1 fully saturated rings. The van der Waals surface area contributed by atoms with Crippen LogP contribution in [0.15, 0.2) is 30.3 Å². The van der Waals surface area contributed by atoms with Gasteiger partial charge in [-0.15, -0.1) is 0 Å². The van der Waals surface area contributed by atoms with E-state index >= 15 is 0 Å². The fraction of sp³-hybridized carbons (Fsp3) is 0.579. The summed E-state index contributed by atoms with van der Waals surface area (Å²) in [6.07, 6.45) is 3.55. The highest BCUT2D eigenvalue weighted by Gasteiger charge is 2.26. The molecule has 0 spiro atoms. The molecule has 1 saturated heterocycles. The predicted octanol–water partition coefficient (Wildman–Crippen LogP) is 2.11. The van der Waals surface area contributed by atoms with Crippen molar-refractivity contribution in [3.63, 3.8) is 0 Å². The molecule has 5 heteroatoms. The van der Waals surface area contributed by atoms with Gasteiger partial charge in [0.25, 0.3) is 0 Å². The molecule has 0 saturated carbocycles. The van der Waals surface area contributed by atoms with Gasteiger partial charge in [-0.2, -0.15) is 0 Å². The number of carbonyl (C=O) groups is 2. The Bertz CT molecular complexity index is 533. The Morgan fingerprint density at radius 1 is 1.25 bits per heavy atom. The molecule has 1 aromatic carbocycles. The lowest BCUT2D eigenvalue weighted by Gasteiger charge is -2.37. The van der Waals surface area contributed by atoms with Crippen LogP contribution in [0, 0.1) is 0 Å². The average molecular weight is 332 g/mol. The van der Waals surface area contributed by atoms with E-state index in [0.717, 1.165) is 38.9 Å². The van der Waals surface area contributed by atoms with Gasteiger partial charge in [0.15, 0.2) is 0 Å². The summed E-state index contributed by atoms with van der Waals surface area (Å²) in [7, 11) is 3.20. The molecule has 1 aliphatic rings. The van der Waals surface area contributed by atoms with E-state index in [1.54, 1.807) is 0 Å². The van der Waals surface area contributed by atoms with Crippen molar-refractivity contribution in [2.45, 2.75) is 38.1 Å². The van der Waals surface area contributed by atoms with Gasteiger partial charge in [-0.05, 0) is 31.4 Å². The summed E-state index contributed by atoms with van der Waals surface area (Å²) >= 11 is 0. The first-order valence-electron chi connectivity index (χ1n) is 8.69. The lowest BCUT2D eigenvalue weighted by Crippen LogP contribution is -2.49. The normalized spacial score (nSPS) is 18.2. The van der Waals surface area contributed by atoms with E-state index in [0.29, 0.717) is 0 Å². The van der Waals surface area contributed by atoms with E-state index < -0.39 is 0 Å². The summed E-state index contributed by atoms with van der Waals surface area (Å²) in [4.78, 5) is 27.7. The van der Waals surface area contributed by atoms with Crippen LogP contribution in [0.25, 0.3) is 0 Å². The zero-order valence-corrected chi connectivity index (χ0v) is 14.7. The summed E-state index contributed by atoms with van der Waals surface area (Å²) in [5.74, 6) is -0.305. The summed E-state index contributed by atoms with van der Waals surface area (Å²) in [5.41, 5.74) is 1.35. The third-order valence-corrected chi connectivity index (χ3v) is 4.75. The lowest BCUT2D eigenvalue weighted by molar-refractivity contribution is -0.144. The molecule has 0 radical (unpaired) electrons. The third kappa shape index (κ3) is 5.64. The van der Waals surface area contributed by atoms with Crippen LogP contribution in [0.3, 0.4) is 0 Å². The van der Waals surface area contributed by atoms with Crippen LogP contribution in [0.1, 0.15) is 31.2 Å². The van der Waals surface area contributed by atoms with Crippen LogP contribution >= 0.6 is 0 Å². The first-order valence-corrected chi connectivity index (χ1v) is 8.69. The number of methoxy groups -OCH3 is 1. The summed E-state index contributed by atoms with van der Waals surface area (Å²) in [6.45, 7) is 3.02. The summed E-state index contributed by atoms with van der Waals surface area (Å²) < 4.78 is 4.60. The number of amides is 1. The van der Waals surface area contributed by atoms with Gasteiger partial charge in [0.2, 0.25) is 5.91 Å². The number of hydrogen-bond acceptors (Lipinski definition) is 4. The highest BCUT2D eigenvalue weighted by atomic mass is 16.5. The minimum atomic E-state index is -0.329. The average Bonchev–Trinajstić information content (AvgIpc) is 2.64. The molecule has 0 aromatic heterocycles. The van der Waals surface area contributed by atoms with Crippen molar-refractivity contribution in [2.24, 2.45) is 0 Å². The van der Waals surface area contributed by atoms with Gasteiger partial charge in [0.1, 0.15) is 0 Å². The van der Waals surface area contributed by atoms with Crippen LogP contribution in [0.2, 0.25) is 0 Å². The molecule has 1 atom stereocenters. The van der Waals surface area contributed by atoms with Gasteiger partial charge in [0.05, 0.1) is 13.5 Å². The fourth-order valence-electron chi connectivity index (χ4n) is 3.17. The summed E-state index contributed by atoms with van der Waals surface area (Å²) in [5, 5.41) is 0. The van der Waals surface area contributed by atoms with E-state index in [1.165, 1.54) is 12.7 Å². The number of ether oxygens (including phenoxy) is 1. The monoisotopic (exact) mass is 332 g/mol. The van der Waals surface area contributed by atoms with Crippen LogP contribution in [0.4, 0.5) is 0 Å². The number of esters is 1. The van der Waals surface area contributed by atoms with Crippen molar-refractivity contribution >= 4 is 11.9 Å². The second-order valence-electron chi connectivity index (χ2n) is 6.41.